The van der Waals surface area contributed by atoms with Crippen LogP contribution in [0.25, 0.3) is 0 Å². The van der Waals surface area contributed by atoms with Crippen molar-refractivity contribution >= 4 is 21.8 Å². The van der Waals surface area contributed by atoms with Crippen LogP contribution in [0.4, 0.5) is 0 Å². The number of amides is 1. The average Bonchev–Trinajstić information content (AvgIpc) is 2.39. The summed E-state index contributed by atoms with van der Waals surface area (Å²) in [4.78, 5) is 14.4. The van der Waals surface area contributed by atoms with Crippen molar-refractivity contribution in [3.63, 3.8) is 0 Å². The molecule has 3 nitrogen and oxygen atoms in total. The Labute approximate surface area is 123 Å². The number of nitrogens with zero attached hydrogens (tertiary/aromatic N) is 1. The Morgan fingerprint density at radius 1 is 1.47 bits per heavy atom. The van der Waals surface area contributed by atoms with Crippen molar-refractivity contribution in [2.24, 2.45) is 11.7 Å². The number of carbonyl (C=O) groups excluding carboxylic acids is 1. The minimum absolute atomic E-state index is 0.212. The van der Waals surface area contributed by atoms with Crippen LogP contribution in [0.2, 0.25) is 0 Å². The number of hydrogen-bond acceptors (Lipinski definition) is 2. The van der Waals surface area contributed by atoms with Gasteiger partial charge in [-0.25, -0.2) is 0 Å². The fraction of sp³-hybridized carbons (Fsp3) is 0.533. The predicted molar refractivity (Wildman–Crippen MR) is 80.8 cm³/mol. The van der Waals surface area contributed by atoms with E-state index in [0.29, 0.717) is 24.9 Å². The molecule has 2 rings (SSSR count). The van der Waals surface area contributed by atoms with Gasteiger partial charge >= 0.3 is 0 Å². The maximum atomic E-state index is 12.4. The quantitative estimate of drug-likeness (QED) is 0.928. The Morgan fingerprint density at radius 2 is 2.26 bits per heavy atom. The number of carbonyl (C=O) groups is 1. The van der Waals surface area contributed by atoms with Crippen molar-refractivity contribution in [3.05, 3.63) is 34.3 Å². The van der Waals surface area contributed by atoms with Crippen LogP contribution in [-0.4, -0.2) is 29.9 Å². The molecule has 1 fully saturated rings. The predicted octanol–water partition coefficient (Wildman–Crippen LogP) is 2.58. The Hall–Kier alpha value is -0.870. The topological polar surface area (TPSA) is 46.3 Å². The highest BCUT2D eigenvalue weighted by molar-refractivity contribution is 9.10. The van der Waals surface area contributed by atoms with Crippen molar-refractivity contribution in [1.82, 2.24) is 4.90 Å². The lowest BCUT2D eigenvalue weighted by Crippen LogP contribution is -2.47. The van der Waals surface area contributed by atoms with Gasteiger partial charge in [0.1, 0.15) is 0 Å². The highest BCUT2D eigenvalue weighted by Gasteiger charge is 2.28. The third-order valence-electron chi connectivity index (χ3n) is 3.88. The van der Waals surface area contributed by atoms with Gasteiger partial charge in [0.15, 0.2) is 0 Å². The number of rotatable bonds is 3. The number of benzene rings is 1. The molecule has 1 aliphatic heterocycles. The summed E-state index contributed by atoms with van der Waals surface area (Å²) in [5.41, 5.74) is 6.80. The van der Waals surface area contributed by atoms with Crippen LogP contribution < -0.4 is 5.73 Å². The SMILES string of the molecule is CC1CCC(CN)CN1C(=O)Cc1cccc(Br)c1. The van der Waals surface area contributed by atoms with Gasteiger partial charge in [0, 0.05) is 17.1 Å². The van der Waals surface area contributed by atoms with Crippen LogP contribution in [0, 0.1) is 5.92 Å². The molecule has 1 saturated heterocycles. The van der Waals surface area contributed by atoms with Crippen LogP contribution in [0.15, 0.2) is 28.7 Å². The molecular weight excluding hydrogens is 304 g/mol. The van der Waals surface area contributed by atoms with E-state index in [2.05, 4.69) is 22.9 Å². The van der Waals surface area contributed by atoms with Gasteiger partial charge in [-0.15, -0.1) is 0 Å². The van der Waals surface area contributed by atoms with E-state index in [1.807, 2.05) is 29.2 Å². The zero-order valence-corrected chi connectivity index (χ0v) is 12.9. The summed E-state index contributed by atoms with van der Waals surface area (Å²) < 4.78 is 1.02. The number of halogens is 1. The van der Waals surface area contributed by atoms with E-state index < -0.39 is 0 Å². The lowest BCUT2D eigenvalue weighted by atomic mass is 9.93. The van der Waals surface area contributed by atoms with E-state index in [-0.39, 0.29) is 5.91 Å². The van der Waals surface area contributed by atoms with Gasteiger partial charge in [-0.2, -0.15) is 0 Å². The summed E-state index contributed by atoms with van der Waals surface area (Å²) in [5, 5.41) is 0. The molecule has 0 aromatic heterocycles. The van der Waals surface area contributed by atoms with Crippen molar-refractivity contribution in [1.29, 1.82) is 0 Å². The van der Waals surface area contributed by atoms with E-state index in [1.54, 1.807) is 0 Å². The summed E-state index contributed by atoms with van der Waals surface area (Å²) >= 11 is 3.44. The second-order valence-electron chi connectivity index (χ2n) is 5.38. The van der Waals surface area contributed by atoms with Crippen molar-refractivity contribution in [3.8, 4) is 0 Å². The van der Waals surface area contributed by atoms with Crippen LogP contribution in [0.1, 0.15) is 25.3 Å². The zero-order valence-electron chi connectivity index (χ0n) is 11.3. The minimum Gasteiger partial charge on any atom is -0.339 e. The molecule has 0 spiro atoms. The van der Waals surface area contributed by atoms with Crippen molar-refractivity contribution in [2.45, 2.75) is 32.2 Å². The average molecular weight is 325 g/mol. The molecule has 1 aromatic carbocycles. The monoisotopic (exact) mass is 324 g/mol. The first-order valence-corrected chi connectivity index (χ1v) is 7.63. The van der Waals surface area contributed by atoms with Crippen LogP contribution in [0.3, 0.4) is 0 Å². The van der Waals surface area contributed by atoms with Crippen LogP contribution in [0.5, 0.6) is 0 Å². The second kappa shape index (κ2) is 6.53. The standard InChI is InChI=1S/C15H21BrN2O/c1-11-5-6-13(9-17)10-18(11)15(19)8-12-3-2-4-14(16)7-12/h2-4,7,11,13H,5-6,8-10,17H2,1H3. The van der Waals surface area contributed by atoms with E-state index in [9.17, 15) is 4.79 Å². The smallest absolute Gasteiger partial charge is 0.227 e. The van der Waals surface area contributed by atoms with E-state index in [4.69, 9.17) is 5.73 Å². The molecule has 0 radical (unpaired) electrons. The first kappa shape index (κ1) is 14.5. The van der Waals surface area contributed by atoms with Crippen LogP contribution >= 0.6 is 15.9 Å². The molecule has 1 heterocycles. The molecule has 0 bridgehead atoms. The summed E-state index contributed by atoms with van der Waals surface area (Å²) in [7, 11) is 0. The third-order valence-corrected chi connectivity index (χ3v) is 4.37. The fourth-order valence-corrected chi connectivity index (χ4v) is 3.09. The molecule has 1 amide bonds. The Kier molecular flexibility index (Phi) is 4.99. The molecular formula is C15H21BrN2O. The molecule has 1 aromatic rings. The Bertz CT molecular complexity index is 450. The number of piperidine rings is 1. The molecule has 104 valence electrons. The van der Waals surface area contributed by atoms with Gasteiger partial charge in [0.25, 0.3) is 0 Å². The van der Waals surface area contributed by atoms with E-state index in [0.717, 1.165) is 29.4 Å². The first-order chi connectivity index (χ1) is 9.10. The maximum Gasteiger partial charge on any atom is 0.227 e. The Balaban J connectivity index is 2.02. The van der Waals surface area contributed by atoms with Gasteiger partial charge in [0.05, 0.1) is 6.42 Å². The highest BCUT2D eigenvalue weighted by atomic mass is 79.9. The summed E-state index contributed by atoms with van der Waals surface area (Å²) in [5.74, 6) is 0.673. The summed E-state index contributed by atoms with van der Waals surface area (Å²) in [6, 6.07) is 8.28. The lowest BCUT2D eigenvalue weighted by molar-refractivity contribution is -0.134. The van der Waals surface area contributed by atoms with Gasteiger partial charge in [-0.1, -0.05) is 28.1 Å². The summed E-state index contributed by atoms with van der Waals surface area (Å²) in [6.45, 7) is 3.61. The van der Waals surface area contributed by atoms with Crippen molar-refractivity contribution in [2.75, 3.05) is 13.1 Å². The molecule has 19 heavy (non-hydrogen) atoms. The molecule has 2 atom stereocenters. The van der Waals surface area contributed by atoms with Gasteiger partial charge in [0.2, 0.25) is 5.91 Å². The van der Waals surface area contributed by atoms with Crippen molar-refractivity contribution < 1.29 is 4.79 Å². The number of likely N-dealkylation sites (tertiary alicyclic amines) is 1. The molecule has 2 unspecified atom stereocenters. The Morgan fingerprint density at radius 3 is 2.95 bits per heavy atom. The molecule has 4 heteroatoms. The summed E-state index contributed by atoms with van der Waals surface area (Å²) in [6.07, 6.45) is 2.67. The van der Waals surface area contributed by atoms with E-state index in [1.165, 1.54) is 0 Å². The number of nitrogens with two attached hydrogens (primary N) is 1. The zero-order chi connectivity index (χ0) is 13.8. The van der Waals surface area contributed by atoms with Gasteiger partial charge in [-0.05, 0) is 49.9 Å². The largest absolute Gasteiger partial charge is 0.339 e. The maximum absolute atomic E-state index is 12.4. The van der Waals surface area contributed by atoms with E-state index >= 15 is 0 Å². The first-order valence-electron chi connectivity index (χ1n) is 6.84. The molecule has 2 N–H and O–H groups in total. The minimum atomic E-state index is 0.212. The molecule has 0 aliphatic carbocycles. The normalized spacial score (nSPS) is 23.4. The lowest BCUT2D eigenvalue weighted by Gasteiger charge is -2.37. The highest BCUT2D eigenvalue weighted by Crippen LogP contribution is 2.22. The van der Waals surface area contributed by atoms with Crippen LogP contribution in [-0.2, 0) is 11.2 Å². The third kappa shape index (κ3) is 3.80. The van der Waals surface area contributed by atoms with Gasteiger partial charge in [-0.3, -0.25) is 4.79 Å². The fourth-order valence-electron chi connectivity index (χ4n) is 2.65. The molecule has 1 aliphatic rings. The molecule has 0 saturated carbocycles. The van der Waals surface area contributed by atoms with Gasteiger partial charge < -0.3 is 10.6 Å². The number of hydrogen-bond donors (Lipinski definition) is 1. The second-order valence-corrected chi connectivity index (χ2v) is 6.30.